The Labute approximate surface area is 97.4 Å². The number of rotatable bonds is 5. The maximum absolute atomic E-state index is 11.9. The minimum absolute atomic E-state index is 0.0450. The number of piperidine rings is 1. The van der Waals surface area contributed by atoms with E-state index >= 15 is 0 Å². The number of ketones is 1. The molecule has 0 bridgehead atoms. The normalized spacial score (nSPS) is 23.2. The molecule has 0 amide bonds. The molecule has 1 heterocycles. The van der Waals surface area contributed by atoms with Gasteiger partial charge in [-0.25, -0.2) is 4.72 Å². The molecule has 0 spiro atoms. The van der Waals surface area contributed by atoms with Crippen molar-refractivity contribution in [3.63, 3.8) is 0 Å². The van der Waals surface area contributed by atoms with Crippen LogP contribution in [0.25, 0.3) is 0 Å². The second kappa shape index (κ2) is 5.75. The lowest BCUT2D eigenvalue weighted by Crippen LogP contribution is -2.49. The Hall–Kier alpha value is -0.460. The summed E-state index contributed by atoms with van der Waals surface area (Å²) in [5, 5.41) is 0. The van der Waals surface area contributed by atoms with Crippen molar-refractivity contribution >= 4 is 16.0 Å². The predicted molar refractivity (Wildman–Crippen MR) is 62.2 cm³/mol. The lowest BCUT2D eigenvalue weighted by molar-refractivity contribution is -0.118. The smallest absolute Gasteiger partial charge is 0.279 e. The van der Waals surface area contributed by atoms with Gasteiger partial charge in [0.05, 0.1) is 0 Å². The molecule has 1 N–H and O–H groups in total. The number of carbonyl (C=O) groups excluding carboxylic acids is 1. The SMILES string of the molecule is CCNS(=O)(=O)N1CCCCC1CC(C)=O. The van der Waals surface area contributed by atoms with E-state index in [1.807, 2.05) is 0 Å². The standard InChI is InChI=1S/C10H20N2O3S/c1-3-11-16(14,15)12-7-5-4-6-10(12)8-9(2)13/h10-11H,3-8H2,1-2H3. The molecule has 0 aromatic rings. The third-order valence-corrected chi connectivity index (χ3v) is 4.48. The average molecular weight is 248 g/mol. The third-order valence-electron chi connectivity index (χ3n) is 2.73. The summed E-state index contributed by atoms with van der Waals surface area (Å²) in [4.78, 5) is 11.1. The minimum atomic E-state index is -3.40. The Balaban J connectivity index is 2.77. The first kappa shape index (κ1) is 13.6. The maximum atomic E-state index is 11.9. The van der Waals surface area contributed by atoms with Crippen LogP contribution in [0.4, 0.5) is 0 Å². The topological polar surface area (TPSA) is 66.5 Å². The van der Waals surface area contributed by atoms with Crippen LogP contribution in [0.15, 0.2) is 0 Å². The fraction of sp³-hybridized carbons (Fsp3) is 0.900. The maximum Gasteiger partial charge on any atom is 0.279 e. The van der Waals surface area contributed by atoms with Crippen molar-refractivity contribution in [3.8, 4) is 0 Å². The minimum Gasteiger partial charge on any atom is -0.300 e. The van der Waals surface area contributed by atoms with E-state index in [4.69, 9.17) is 0 Å². The predicted octanol–water partition coefficient (Wildman–Crippen LogP) is 0.674. The van der Waals surface area contributed by atoms with Crippen LogP contribution >= 0.6 is 0 Å². The van der Waals surface area contributed by atoms with E-state index in [9.17, 15) is 13.2 Å². The van der Waals surface area contributed by atoms with E-state index in [1.54, 1.807) is 6.92 Å². The molecule has 5 nitrogen and oxygen atoms in total. The number of nitrogens with zero attached hydrogens (tertiary/aromatic N) is 1. The van der Waals surface area contributed by atoms with Crippen LogP contribution in [0.1, 0.15) is 39.5 Å². The van der Waals surface area contributed by atoms with Crippen molar-refractivity contribution in [2.24, 2.45) is 0 Å². The van der Waals surface area contributed by atoms with Gasteiger partial charge in [0.2, 0.25) is 0 Å². The molecule has 16 heavy (non-hydrogen) atoms. The first-order chi connectivity index (χ1) is 7.47. The van der Waals surface area contributed by atoms with Crippen molar-refractivity contribution in [2.45, 2.75) is 45.6 Å². The number of carbonyl (C=O) groups is 1. The van der Waals surface area contributed by atoms with Gasteiger partial charge in [0.25, 0.3) is 10.2 Å². The highest BCUT2D eigenvalue weighted by Crippen LogP contribution is 2.22. The van der Waals surface area contributed by atoms with Crippen LogP contribution in [-0.2, 0) is 15.0 Å². The van der Waals surface area contributed by atoms with Crippen molar-refractivity contribution in [1.82, 2.24) is 9.03 Å². The van der Waals surface area contributed by atoms with E-state index in [-0.39, 0.29) is 11.8 Å². The van der Waals surface area contributed by atoms with Gasteiger partial charge in [-0.2, -0.15) is 12.7 Å². The highest BCUT2D eigenvalue weighted by atomic mass is 32.2. The second-order valence-corrected chi connectivity index (χ2v) is 5.88. The summed E-state index contributed by atoms with van der Waals surface area (Å²) in [6.07, 6.45) is 2.98. The number of hydrogen-bond donors (Lipinski definition) is 1. The monoisotopic (exact) mass is 248 g/mol. The Morgan fingerprint density at radius 2 is 2.12 bits per heavy atom. The third kappa shape index (κ3) is 3.54. The first-order valence-corrected chi connectivity index (χ1v) is 7.17. The van der Waals surface area contributed by atoms with Gasteiger partial charge in [-0.15, -0.1) is 0 Å². The van der Waals surface area contributed by atoms with Crippen molar-refractivity contribution in [3.05, 3.63) is 0 Å². The highest BCUT2D eigenvalue weighted by molar-refractivity contribution is 7.87. The molecular formula is C10H20N2O3S. The van der Waals surface area contributed by atoms with Crippen LogP contribution in [0, 0.1) is 0 Å². The lowest BCUT2D eigenvalue weighted by atomic mass is 10.0. The lowest BCUT2D eigenvalue weighted by Gasteiger charge is -2.33. The molecule has 1 atom stereocenters. The Morgan fingerprint density at radius 1 is 1.44 bits per heavy atom. The van der Waals surface area contributed by atoms with Gasteiger partial charge >= 0.3 is 0 Å². The molecule has 0 aromatic carbocycles. The van der Waals surface area contributed by atoms with Crippen molar-refractivity contribution < 1.29 is 13.2 Å². The summed E-state index contributed by atoms with van der Waals surface area (Å²) >= 11 is 0. The number of Topliss-reactive ketones (excluding diaryl/α,β-unsaturated/α-hetero) is 1. The van der Waals surface area contributed by atoms with Gasteiger partial charge in [0.1, 0.15) is 5.78 Å². The summed E-state index contributed by atoms with van der Waals surface area (Å²) in [5.41, 5.74) is 0. The van der Waals surface area contributed by atoms with Crippen LogP contribution in [0.5, 0.6) is 0 Å². The molecule has 1 fully saturated rings. The zero-order valence-electron chi connectivity index (χ0n) is 9.90. The molecule has 1 aliphatic heterocycles. The van der Waals surface area contributed by atoms with Gasteiger partial charge in [-0.05, 0) is 19.8 Å². The van der Waals surface area contributed by atoms with Crippen LogP contribution < -0.4 is 4.72 Å². The molecule has 1 saturated heterocycles. The fourth-order valence-electron chi connectivity index (χ4n) is 2.09. The molecule has 0 radical (unpaired) electrons. The second-order valence-electron chi connectivity index (χ2n) is 4.17. The van der Waals surface area contributed by atoms with Gasteiger partial charge in [0.15, 0.2) is 0 Å². The Morgan fingerprint density at radius 3 is 2.69 bits per heavy atom. The van der Waals surface area contributed by atoms with Crippen LogP contribution in [0.3, 0.4) is 0 Å². The molecule has 6 heteroatoms. The van der Waals surface area contributed by atoms with E-state index < -0.39 is 10.2 Å². The molecule has 0 aliphatic carbocycles. The molecule has 0 aromatic heterocycles. The van der Waals surface area contributed by atoms with Crippen molar-refractivity contribution in [1.29, 1.82) is 0 Å². The Kier molecular flexibility index (Phi) is 4.89. The van der Waals surface area contributed by atoms with Gasteiger partial charge < -0.3 is 0 Å². The zero-order chi connectivity index (χ0) is 12.2. The number of nitrogens with one attached hydrogen (secondary N) is 1. The highest BCUT2D eigenvalue weighted by Gasteiger charge is 2.32. The van der Waals surface area contributed by atoms with E-state index in [0.717, 1.165) is 19.3 Å². The van der Waals surface area contributed by atoms with Crippen molar-refractivity contribution in [2.75, 3.05) is 13.1 Å². The molecule has 1 aliphatic rings. The largest absolute Gasteiger partial charge is 0.300 e. The first-order valence-electron chi connectivity index (χ1n) is 5.73. The van der Waals surface area contributed by atoms with Crippen LogP contribution in [-0.4, -0.2) is 37.6 Å². The summed E-state index contributed by atoms with van der Waals surface area (Å²) in [5.74, 6) is 0.0450. The average Bonchev–Trinajstić information content (AvgIpc) is 2.17. The van der Waals surface area contributed by atoms with Crippen LogP contribution in [0.2, 0.25) is 0 Å². The molecular weight excluding hydrogens is 228 g/mol. The zero-order valence-corrected chi connectivity index (χ0v) is 10.7. The summed E-state index contributed by atoms with van der Waals surface area (Å²) in [6.45, 7) is 4.16. The molecule has 0 saturated carbocycles. The Bertz CT molecular complexity index is 340. The molecule has 1 unspecified atom stereocenters. The van der Waals surface area contributed by atoms with Gasteiger partial charge in [-0.3, -0.25) is 4.79 Å². The van der Waals surface area contributed by atoms with Gasteiger partial charge in [0, 0.05) is 25.6 Å². The number of hydrogen-bond acceptors (Lipinski definition) is 3. The van der Waals surface area contributed by atoms with E-state index in [0.29, 0.717) is 19.5 Å². The quantitative estimate of drug-likeness (QED) is 0.778. The van der Waals surface area contributed by atoms with E-state index in [2.05, 4.69) is 4.72 Å². The molecule has 94 valence electrons. The van der Waals surface area contributed by atoms with Gasteiger partial charge in [-0.1, -0.05) is 13.3 Å². The summed E-state index contributed by atoms with van der Waals surface area (Å²) < 4.78 is 27.7. The fourth-order valence-corrected chi connectivity index (χ4v) is 3.56. The summed E-state index contributed by atoms with van der Waals surface area (Å²) in [7, 11) is -3.40. The molecule has 1 rings (SSSR count). The summed E-state index contributed by atoms with van der Waals surface area (Å²) in [6, 6.07) is -0.157. The van der Waals surface area contributed by atoms with E-state index in [1.165, 1.54) is 11.2 Å².